The molecule has 0 aromatic heterocycles. The van der Waals surface area contributed by atoms with E-state index in [0.717, 1.165) is 12.5 Å². The molecule has 1 aromatic rings. The smallest absolute Gasteiger partial charge is 0.0361 e. The van der Waals surface area contributed by atoms with Crippen molar-refractivity contribution in [2.45, 2.75) is 19.9 Å². The molecule has 16 heavy (non-hydrogen) atoms. The zero-order valence-corrected chi connectivity index (χ0v) is 10.6. The van der Waals surface area contributed by atoms with Crippen molar-refractivity contribution in [2.75, 3.05) is 32.1 Å². The molecule has 1 aliphatic rings. The highest BCUT2D eigenvalue weighted by Crippen LogP contribution is 2.19. The van der Waals surface area contributed by atoms with E-state index in [1.54, 1.807) is 0 Å². The molecule has 0 aliphatic carbocycles. The van der Waals surface area contributed by atoms with Crippen LogP contribution in [0.3, 0.4) is 0 Å². The van der Waals surface area contributed by atoms with E-state index in [4.69, 9.17) is 0 Å². The van der Waals surface area contributed by atoms with Crippen molar-refractivity contribution in [2.24, 2.45) is 5.92 Å². The second-order valence-electron chi connectivity index (χ2n) is 5.19. The first-order chi connectivity index (χ1) is 7.65. The number of anilines is 1. The molecule has 1 fully saturated rings. The van der Waals surface area contributed by atoms with Gasteiger partial charge in [-0.25, -0.2) is 0 Å². The highest BCUT2D eigenvalue weighted by atomic mass is 15.1. The van der Waals surface area contributed by atoms with Gasteiger partial charge >= 0.3 is 0 Å². The predicted octanol–water partition coefficient (Wildman–Crippen LogP) is 2.59. The van der Waals surface area contributed by atoms with Gasteiger partial charge in [-0.3, -0.25) is 4.90 Å². The maximum atomic E-state index is 2.55. The second-order valence-corrected chi connectivity index (χ2v) is 5.19. The SMILES string of the molecule is CC1CCN(Cc2ccc(N(C)C)cc2)C1. The number of benzene rings is 1. The van der Waals surface area contributed by atoms with Crippen LogP contribution in [0.25, 0.3) is 0 Å². The van der Waals surface area contributed by atoms with Crippen molar-refractivity contribution in [3.8, 4) is 0 Å². The molecule has 0 radical (unpaired) electrons. The fourth-order valence-electron chi connectivity index (χ4n) is 2.33. The molecule has 1 aromatic carbocycles. The maximum Gasteiger partial charge on any atom is 0.0361 e. The normalized spacial score (nSPS) is 21.3. The number of hydrogen-bond donors (Lipinski definition) is 0. The van der Waals surface area contributed by atoms with E-state index in [1.165, 1.54) is 30.8 Å². The molecule has 0 bridgehead atoms. The van der Waals surface area contributed by atoms with E-state index in [9.17, 15) is 0 Å². The van der Waals surface area contributed by atoms with E-state index in [1.807, 2.05) is 0 Å². The topological polar surface area (TPSA) is 6.48 Å². The standard InChI is InChI=1S/C14H22N2/c1-12-8-9-16(10-12)11-13-4-6-14(7-5-13)15(2)3/h4-7,12H,8-11H2,1-3H3. The lowest BCUT2D eigenvalue weighted by atomic mass is 10.2. The Labute approximate surface area is 98.9 Å². The average molecular weight is 218 g/mol. The van der Waals surface area contributed by atoms with Crippen molar-refractivity contribution >= 4 is 5.69 Å². The molecule has 2 rings (SSSR count). The first-order valence-corrected chi connectivity index (χ1v) is 6.14. The van der Waals surface area contributed by atoms with Crippen LogP contribution in [0, 0.1) is 5.92 Å². The highest BCUT2D eigenvalue weighted by molar-refractivity contribution is 5.45. The molecule has 1 atom stereocenters. The van der Waals surface area contributed by atoms with Crippen LogP contribution in [-0.4, -0.2) is 32.1 Å². The largest absolute Gasteiger partial charge is 0.378 e. The lowest BCUT2D eigenvalue weighted by molar-refractivity contribution is 0.320. The van der Waals surface area contributed by atoms with Crippen molar-refractivity contribution in [3.63, 3.8) is 0 Å². The van der Waals surface area contributed by atoms with E-state index in [0.29, 0.717) is 0 Å². The zero-order chi connectivity index (χ0) is 11.5. The van der Waals surface area contributed by atoms with E-state index in [-0.39, 0.29) is 0 Å². The van der Waals surface area contributed by atoms with Crippen molar-refractivity contribution in [1.82, 2.24) is 4.90 Å². The third-order valence-corrected chi connectivity index (χ3v) is 3.37. The average Bonchev–Trinajstić information content (AvgIpc) is 2.65. The quantitative estimate of drug-likeness (QED) is 0.769. The van der Waals surface area contributed by atoms with E-state index >= 15 is 0 Å². The van der Waals surface area contributed by atoms with Crippen LogP contribution < -0.4 is 4.90 Å². The lowest BCUT2D eigenvalue weighted by Crippen LogP contribution is -2.19. The molecule has 1 unspecified atom stereocenters. The molecular formula is C14H22N2. The fraction of sp³-hybridized carbons (Fsp3) is 0.571. The summed E-state index contributed by atoms with van der Waals surface area (Å²) in [5.74, 6) is 0.876. The van der Waals surface area contributed by atoms with Gasteiger partial charge in [0.05, 0.1) is 0 Å². The number of rotatable bonds is 3. The van der Waals surface area contributed by atoms with Crippen molar-refractivity contribution in [3.05, 3.63) is 29.8 Å². The number of likely N-dealkylation sites (tertiary alicyclic amines) is 1. The Morgan fingerprint density at radius 3 is 2.44 bits per heavy atom. The zero-order valence-electron chi connectivity index (χ0n) is 10.6. The maximum absolute atomic E-state index is 2.55. The first-order valence-electron chi connectivity index (χ1n) is 6.14. The molecule has 0 spiro atoms. The molecule has 0 saturated carbocycles. The number of hydrogen-bond acceptors (Lipinski definition) is 2. The third-order valence-electron chi connectivity index (χ3n) is 3.37. The van der Waals surface area contributed by atoms with Crippen LogP contribution in [0.15, 0.2) is 24.3 Å². The number of nitrogens with zero attached hydrogens (tertiary/aromatic N) is 2. The third kappa shape index (κ3) is 2.76. The van der Waals surface area contributed by atoms with Gasteiger partial charge in [-0.15, -0.1) is 0 Å². The summed E-state index contributed by atoms with van der Waals surface area (Å²) in [6.45, 7) is 5.97. The summed E-state index contributed by atoms with van der Waals surface area (Å²) in [6.07, 6.45) is 1.36. The molecule has 88 valence electrons. The minimum atomic E-state index is 0.876. The van der Waals surface area contributed by atoms with Crippen LogP contribution in [0.1, 0.15) is 18.9 Å². The van der Waals surface area contributed by atoms with Gasteiger partial charge in [0.2, 0.25) is 0 Å². The van der Waals surface area contributed by atoms with Gasteiger partial charge in [0.25, 0.3) is 0 Å². The minimum Gasteiger partial charge on any atom is -0.378 e. The fourth-order valence-corrected chi connectivity index (χ4v) is 2.33. The lowest BCUT2D eigenvalue weighted by Gasteiger charge is -2.17. The molecule has 0 amide bonds. The summed E-state index contributed by atoms with van der Waals surface area (Å²) in [6, 6.07) is 8.90. The molecule has 1 saturated heterocycles. The van der Waals surface area contributed by atoms with Gasteiger partial charge in [-0.1, -0.05) is 19.1 Å². The summed E-state index contributed by atoms with van der Waals surface area (Å²) in [5.41, 5.74) is 2.71. The van der Waals surface area contributed by atoms with Gasteiger partial charge in [-0.05, 0) is 36.6 Å². The van der Waals surface area contributed by atoms with Gasteiger partial charge in [0.1, 0.15) is 0 Å². The van der Waals surface area contributed by atoms with Crippen LogP contribution in [0.4, 0.5) is 5.69 Å². The molecule has 2 nitrogen and oxygen atoms in total. The van der Waals surface area contributed by atoms with Crippen molar-refractivity contribution < 1.29 is 0 Å². The van der Waals surface area contributed by atoms with Gasteiger partial charge in [-0.2, -0.15) is 0 Å². The predicted molar refractivity (Wildman–Crippen MR) is 69.8 cm³/mol. The Morgan fingerprint density at radius 2 is 1.94 bits per heavy atom. The summed E-state index contributed by atoms with van der Waals surface area (Å²) in [4.78, 5) is 4.69. The van der Waals surface area contributed by atoms with Crippen LogP contribution >= 0.6 is 0 Å². The summed E-state index contributed by atoms with van der Waals surface area (Å²) in [5, 5.41) is 0. The Bertz CT molecular complexity index is 329. The van der Waals surface area contributed by atoms with Gasteiger partial charge in [0.15, 0.2) is 0 Å². The molecule has 1 heterocycles. The Morgan fingerprint density at radius 1 is 1.25 bits per heavy atom. The summed E-state index contributed by atoms with van der Waals surface area (Å²) in [7, 11) is 4.16. The van der Waals surface area contributed by atoms with Crippen LogP contribution in [0.2, 0.25) is 0 Å². The van der Waals surface area contributed by atoms with E-state index < -0.39 is 0 Å². The monoisotopic (exact) mass is 218 g/mol. The van der Waals surface area contributed by atoms with Crippen LogP contribution in [0.5, 0.6) is 0 Å². The summed E-state index contributed by atoms with van der Waals surface area (Å²) >= 11 is 0. The summed E-state index contributed by atoms with van der Waals surface area (Å²) < 4.78 is 0. The van der Waals surface area contributed by atoms with Gasteiger partial charge < -0.3 is 4.90 Å². The van der Waals surface area contributed by atoms with Crippen molar-refractivity contribution in [1.29, 1.82) is 0 Å². The molecule has 1 aliphatic heterocycles. The Kier molecular flexibility index (Phi) is 3.49. The minimum absolute atomic E-state index is 0.876. The van der Waals surface area contributed by atoms with Gasteiger partial charge in [0, 0.05) is 32.9 Å². The second kappa shape index (κ2) is 4.88. The Balaban J connectivity index is 1.95. The highest BCUT2D eigenvalue weighted by Gasteiger charge is 2.18. The molecule has 0 N–H and O–H groups in total. The van der Waals surface area contributed by atoms with Crippen LogP contribution in [-0.2, 0) is 6.54 Å². The molecule has 2 heteroatoms. The molecular weight excluding hydrogens is 196 g/mol. The van der Waals surface area contributed by atoms with E-state index in [2.05, 4.69) is 55.1 Å². The first kappa shape index (κ1) is 11.5. The Hall–Kier alpha value is -1.02.